The fraction of sp³-hybridized carbons (Fsp3) is 0.667. The van der Waals surface area contributed by atoms with Crippen LogP contribution in [-0.2, 0) is 4.74 Å². The SMILES string of the molecule is CC1(C)Oc2ccccc2[C@H]2O[C@@](C)(C#CC[N+]3(C)CCCCC3)CC[C@@H]21. The molecular formula is C24H34NO2+. The number of benzene rings is 1. The molecule has 27 heavy (non-hydrogen) atoms. The second-order valence-corrected chi connectivity index (χ2v) is 9.75. The number of nitrogens with zero attached hydrogens (tertiary/aromatic N) is 1. The quantitative estimate of drug-likeness (QED) is 0.528. The maximum absolute atomic E-state index is 6.70. The summed E-state index contributed by atoms with van der Waals surface area (Å²) in [6.45, 7) is 10.0. The highest BCUT2D eigenvalue weighted by Gasteiger charge is 2.50. The molecule has 2 saturated heterocycles. The molecule has 0 saturated carbocycles. The van der Waals surface area contributed by atoms with Crippen LogP contribution in [0.25, 0.3) is 0 Å². The van der Waals surface area contributed by atoms with Crippen LogP contribution in [0.2, 0.25) is 0 Å². The average Bonchev–Trinajstić information content (AvgIpc) is 2.61. The zero-order chi connectivity index (χ0) is 19.1. The van der Waals surface area contributed by atoms with Gasteiger partial charge in [-0.25, -0.2) is 0 Å². The van der Waals surface area contributed by atoms with Gasteiger partial charge in [0.1, 0.15) is 23.5 Å². The van der Waals surface area contributed by atoms with Crippen molar-refractivity contribution in [3.05, 3.63) is 29.8 Å². The normalized spacial score (nSPS) is 33.6. The Morgan fingerprint density at radius 1 is 1.11 bits per heavy atom. The first-order chi connectivity index (χ1) is 12.8. The second-order valence-electron chi connectivity index (χ2n) is 9.75. The van der Waals surface area contributed by atoms with Gasteiger partial charge in [0.15, 0.2) is 0 Å². The molecule has 0 radical (unpaired) electrons. The molecule has 4 rings (SSSR count). The third-order valence-corrected chi connectivity index (χ3v) is 6.89. The Balaban J connectivity index is 1.54. The van der Waals surface area contributed by atoms with Crippen molar-refractivity contribution in [1.82, 2.24) is 0 Å². The minimum atomic E-state index is -0.364. The smallest absolute Gasteiger partial charge is 0.140 e. The summed E-state index contributed by atoms with van der Waals surface area (Å²) >= 11 is 0. The Morgan fingerprint density at radius 3 is 2.63 bits per heavy atom. The molecule has 0 aliphatic carbocycles. The number of hydrogen-bond donors (Lipinski definition) is 0. The molecule has 0 spiro atoms. The van der Waals surface area contributed by atoms with E-state index in [9.17, 15) is 0 Å². The number of likely N-dealkylation sites (tertiary alicyclic amines) is 1. The van der Waals surface area contributed by atoms with Gasteiger partial charge in [-0.3, -0.25) is 0 Å². The maximum Gasteiger partial charge on any atom is 0.140 e. The molecule has 0 N–H and O–H groups in total. The number of piperidine rings is 1. The molecular weight excluding hydrogens is 334 g/mol. The molecule has 0 bridgehead atoms. The van der Waals surface area contributed by atoms with E-state index in [0.29, 0.717) is 5.92 Å². The van der Waals surface area contributed by atoms with Crippen LogP contribution in [0.1, 0.15) is 64.5 Å². The Labute approximate surface area is 164 Å². The molecule has 0 unspecified atom stereocenters. The van der Waals surface area contributed by atoms with E-state index in [1.165, 1.54) is 37.9 Å². The molecule has 146 valence electrons. The van der Waals surface area contributed by atoms with Crippen molar-refractivity contribution in [2.24, 2.45) is 5.92 Å². The van der Waals surface area contributed by atoms with Crippen LogP contribution in [0.15, 0.2) is 24.3 Å². The third-order valence-electron chi connectivity index (χ3n) is 6.89. The predicted octanol–water partition coefficient (Wildman–Crippen LogP) is 4.72. The fourth-order valence-electron chi connectivity index (χ4n) is 5.11. The van der Waals surface area contributed by atoms with E-state index >= 15 is 0 Å². The maximum atomic E-state index is 6.70. The summed E-state index contributed by atoms with van der Waals surface area (Å²) in [5, 5.41) is 0. The molecule has 2 fully saturated rings. The van der Waals surface area contributed by atoms with Crippen LogP contribution in [0.5, 0.6) is 5.75 Å². The Kier molecular flexibility index (Phi) is 4.77. The first-order valence-corrected chi connectivity index (χ1v) is 10.6. The van der Waals surface area contributed by atoms with Crippen molar-refractivity contribution < 1.29 is 14.0 Å². The first kappa shape index (κ1) is 18.8. The Hall–Kier alpha value is -1.50. The number of hydrogen-bond acceptors (Lipinski definition) is 2. The number of quaternary nitrogens is 1. The van der Waals surface area contributed by atoms with Gasteiger partial charge in [-0.2, -0.15) is 0 Å². The van der Waals surface area contributed by atoms with E-state index in [1.54, 1.807) is 0 Å². The number of para-hydroxylation sites is 1. The van der Waals surface area contributed by atoms with Crippen LogP contribution in [0.4, 0.5) is 0 Å². The van der Waals surface area contributed by atoms with Gasteiger partial charge in [-0.1, -0.05) is 24.1 Å². The summed E-state index contributed by atoms with van der Waals surface area (Å²) in [6, 6.07) is 8.34. The minimum absolute atomic E-state index is 0.0674. The number of rotatable bonds is 1. The van der Waals surface area contributed by atoms with Crippen molar-refractivity contribution in [3.8, 4) is 17.6 Å². The van der Waals surface area contributed by atoms with Crippen molar-refractivity contribution in [2.45, 2.75) is 70.2 Å². The molecule has 1 aromatic carbocycles. The zero-order valence-corrected chi connectivity index (χ0v) is 17.4. The second kappa shape index (κ2) is 6.83. The fourth-order valence-corrected chi connectivity index (χ4v) is 5.11. The number of fused-ring (bicyclic) bond motifs is 3. The molecule has 0 aromatic heterocycles. The molecule has 3 nitrogen and oxygen atoms in total. The monoisotopic (exact) mass is 368 g/mol. The first-order valence-electron chi connectivity index (χ1n) is 10.6. The van der Waals surface area contributed by atoms with E-state index in [-0.39, 0.29) is 17.3 Å². The van der Waals surface area contributed by atoms with E-state index < -0.39 is 0 Å². The summed E-state index contributed by atoms with van der Waals surface area (Å²) in [4.78, 5) is 0. The topological polar surface area (TPSA) is 18.5 Å². The van der Waals surface area contributed by atoms with Gasteiger partial charge < -0.3 is 14.0 Å². The van der Waals surface area contributed by atoms with E-state index in [0.717, 1.165) is 29.6 Å². The predicted molar refractivity (Wildman–Crippen MR) is 109 cm³/mol. The number of ether oxygens (including phenoxy) is 2. The zero-order valence-electron chi connectivity index (χ0n) is 17.4. The summed E-state index contributed by atoms with van der Waals surface area (Å²) in [5.41, 5.74) is 0.612. The Bertz CT molecular complexity index is 753. The molecule has 3 heterocycles. The van der Waals surface area contributed by atoms with Gasteiger partial charge in [0, 0.05) is 11.5 Å². The highest BCUT2D eigenvalue weighted by Crippen LogP contribution is 2.52. The van der Waals surface area contributed by atoms with Gasteiger partial charge in [0.25, 0.3) is 0 Å². The largest absolute Gasteiger partial charge is 0.487 e. The molecule has 0 amide bonds. The molecule has 3 atom stereocenters. The summed E-state index contributed by atoms with van der Waals surface area (Å²) in [7, 11) is 2.35. The van der Waals surface area contributed by atoms with Gasteiger partial charge in [0.05, 0.1) is 26.2 Å². The van der Waals surface area contributed by atoms with Crippen molar-refractivity contribution in [2.75, 3.05) is 26.7 Å². The molecule has 3 aliphatic heterocycles. The standard InChI is InChI=1S/C24H34NO2/c1-23(2)20-13-15-24(3,14-10-18-25(4)16-8-5-9-17-25)27-22(20)19-11-6-7-12-21(19)26-23/h6-7,11-12,20,22H,5,8-9,13,15-18H2,1-4H3/q+1/t20-,22+,24-/m0/s1. The van der Waals surface area contributed by atoms with Gasteiger partial charge in [0.2, 0.25) is 0 Å². The molecule has 3 aliphatic rings. The highest BCUT2D eigenvalue weighted by molar-refractivity contribution is 5.39. The van der Waals surface area contributed by atoms with Gasteiger partial charge >= 0.3 is 0 Å². The van der Waals surface area contributed by atoms with Crippen molar-refractivity contribution in [3.63, 3.8) is 0 Å². The summed E-state index contributed by atoms with van der Waals surface area (Å²) in [6.07, 6.45) is 6.17. The van der Waals surface area contributed by atoms with Crippen LogP contribution in [0.3, 0.4) is 0 Å². The summed E-state index contributed by atoms with van der Waals surface area (Å²) < 4.78 is 14.1. The van der Waals surface area contributed by atoms with E-state index in [2.05, 4.69) is 57.9 Å². The minimum Gasteiger partial charge on any atom is -0.487 e. The van der Waals surface area contributed by atoms with E-state index in [1.807, 2.05) is 6.07 Å². The lowest BCUT2D eigenvalue weighted by molar-refractivity contribution is -0.907. The third kappa shape index (κ3) is 3.75. The van der Waals surface area contributed by atoms with Gasteiger partial charge in [-0.05, 0) is 64.9 Å². The van der Waals surface area contributed by atoms with Crippen molar-refractivity contribution >= 4 is 0 Å². The van der Waals surface area contributed by atoms with Crippen LogP contribution < -0.4 is 4.74 Å². The lowest BCUT2D eigenvalue weighted by Crippen LogP contribution is -2.51. The summed E-state index contributed by atoms with van der Waals surface area (Å²) in [5.74, 6) is 8.38. The highest BCUT2D eigenvalue weighted by atomic mass is 16.5. The van der Waals surface area contributed by atoms with Crippen LogP contribution in [-0.4, -0.2) is 42.4 Å². The molecule has 1 aromatic rings. The lowest BCUT2D eigenvalue weighted by atomic mass is 9.73. The van der Waals surface area contributed by atoms with Crippen LogP contribution >= 0.6 is 0 Å². The Morgan fingerprint density at radius 2 is 1.85 bits per heavy atom. The van der Waals surface area contributed by atoms with Crippen LogP contribution in [0, 0.1) is 17.8 Å². The van der Waals surface area contributed by atoms with Gasteiger partial charge in [-0.15, -0.1) is 0 Å². The van der Waals surface area contributed by atoms with E-state index in [4.69, 9.17) is 9.47 Å². The average molecular weight is 369 g/mol. The lowest BCUT2D eigenvalue weighted by Gasteiger charge is -2.50. The van der Waals surface area contributed by atoms with Crippen molar-refractivity contribution in [1.29, 1.82) is 0 Å². The molecule has 3 heteroatoms.